The number of allylic oxidation sites excluding steroid dienone is 1. The number of hydrogen-bond acceptors (Lipinski definition) is 0. The van der Waals surface area contributed by atoms with Crippen LogP contribution in [0, 0.1) is 0 Å². The summed E-state index contributed by atoms with van der Waals surface area (Å²) in [4.78, 5) is 0. The van der Waals surface area contributed by atoms with Gasteiger partial charge in [0.2, 0.25) is 6.04 Å². The quantitative estimate of drug-likeness (QED) is 0.418. The summed E-state index contributed by atoms with van der Waals surface area (Å²) in [7, 11) is 0. The van der Waals surface area contributed by atoms with Crippen LogP contribution in [0.15, 0.2) is 11.8 Å². The molecule has 0 aliphatic carbocycles. The second kappa shape index (κ2) is 7.03. The van der Waals surface area contributed by atoms with E-state index in [2.05, 4.69) is 49.3 Å². The van der Waals surface area contributed by atoms with Crippen molar-refractivity contribution < 1.29 is 0 Å². The van der Waals surface area contributed by atoms with Gasteiger partial charge in [0.15, 0.2) is 0 Å². The minimum absolute atomic E-state index is 0.769. The zero-order chi connectivity index (χ0) is 7.11. The Labute approximate surface area is 74.5 Å². The predicted octanol–water partition coefficient (Wildman–Crippen LogP) is 3.28. The molecule has 0 atom stereocenters. The van der Waals surface area contributed by atoms with Crippen LogP contribution in [-0.4, -0.2) is 6.04 Å². The van der Waals surface area contributed by atoms with E-state index < -0.39 is 6.04 Å². The van der Waals surface area contributed by atoms with Gasteiger partial charge in [-0.25, -0.2) is 0 Å². The summed E-state index contributed by atoms with van der Waals surface area (Å²) < 4.78 is 0. The van der Waals surface area contributed by atoms with E-state index in [1.165, 1.54) is 19.3 Å². The first-order valence-electron chi connectivity index (χ1n) is 3.22. The first-order chi connectivity index (χ1) is 4.27. The molecule has 0 rings (SSSR count). The van der Waals surface area contributed by atoms with Crippen molar-refractivity contribution in [2.75, 3.05) is 0 Å². The lowest BCUT2D eigenvalue weighted by molar-refractivity contribution is 0.815. The molecule has 3 heteroatoms. The van der Waals surface area contributed by atoms with Crippen LogP contribution in [0.4, 0.5) is 0 Å². The molecule has 0 aromatic heterocycles. The molecule has 0 aromatic carbocycles. The molecule has 0 radical (unpaired) electrons. The third-order valence-corrected chi connectivity index (χ3v) is 3.40. The summed E-state index contributed by atoms with van der Waals surface area (Å²) >= 11 is 6.99. The van der Waals surface area contributed by atoms with Gasteiger partial charge in [-0.05, 0) is 6.42 Å². The third kappa shape index (κ3) is 8.92. The van der Waals surface area contributed by atoms with Gasteiger partial charge in [-0.2, -0.15) is 0 Å². The summed E-state index contributed by atoms with van der Waals surface area (Å²) in [6.07, 6.45) is 6.10. The molecule has 0 amide bonds. The van der Waals surface area contributed by atoms with Gasteiger partial charge in [0.25, 0.3) is 0 Å². The fourth-order valence-electron chi connectivity index (χ4n) is 0.521. The Morgan fingerprint density at radius 3 is 2.56 bits per heavy atom. The van der Waals surface area contributed by atoms with Gasteiger partial charge in [0, 0.05) is 0 Å². The molecule has 0 nitrogen and oxygen atoms in total. The zero-order valence-corrected chi connectivity index (χ0v) is 9.94. The maximum Gasteiger partial charge on any atom is 0.208 e. The lowest BCUT2D eigenvalue weighted by atomic mass is 10.2. The normalized spacial score (nSPS) is 11.6. The molecule has 0 aliphatic heterocycles. The van der Waals surface area contributed by atoms with Crippen LogP contribution in [0.3, 0.4) is 0 Å². The molecular weight excluding hydrogens is 260 g/mol. The number of halogens is 2. The molecule has 0 saturated carbocycles. The fraction of sp³-hybridized carbons (Fsp3) is 0.667. The molecule has 0 spiro atoms. The Morgan fingerprint density at radius 1 is 1.44 bits per heavy atom. The summed E-state index contributed by atoms with van der Waals surface area (Å²) in [5.74, 6) is 0. The first kappa shape index (κ1) is 9.92. The molecule has 0 aliphatic rings. The fourth-order valence-corrected chi connectivity index (χ4v) is 2.21. The number of rotatable bonds is 4. The molecule has 0 unspecified atom stereocenters. The highest BCUT2D eigenvalue weighted by Gasteiger charge is 1.89. The van der Waals surface area contributed by atoms with Crippen molar-refractivity contribution in [1.82, 2.24) is 0 Å². The molecule has 0 aromatic rings. The molecule has 54 valence electrons. The smallest absolute Gasteiger partial charge is 0.110 e. The van der Waals surface area contributed by atoms with E-state index in [1.54, 1.807) is 0 Å². The summed E-state index contributed by atoms with van der Waals surface area (Å²) in [6.45, 7) is 2.21. The lowest BCUT2D eigenvalue weighted by Crippen LogP contribution is -1.80. The van der Waals surface area contributed by atoms with Gasteiger partial charge < -0.3 is 0 Å². The summed E-state index contributed by atoms with van der Waals surface area (Å²) in [6, 6.07) is -0.769. The van der Waals surface area contributed by atoms with E-state index in [1.807, 2.05) is 0 Å². The molecule has 0 bridgehead atoms. The molecule has 0 heterocycles. The molecule has 9 heavy (non-hydrogen) atoms. The third-order valence-electron chi connectivity index (χ3n) is 1.01. The Hall–Kier alpha value is 0.917. The number of hydrogen-bond donors (Lipinski definition) is 0. The minimum Gasteiger partial charge on any atom is -0.110 e. The predicted molar refractivity (Wildman–Crippen MR) is 53.7 cm³/mol. The summed E-state index contributed by atoms with van der Waals surface area (Å²) in [5.41, 5.74) is 2.25. The molecule has 0 N–H and O–H groups in total. The lowest BCUT2D eigenvalue weighted by Gasteiger charge is -1.88. The highest BCUT2D eigenvalue weighted by atomic mass is 79.9. The minimum atomic E-state index is -0.769. The van der Waals surface area contributed by atoms with Crippen LogP contribution in [0.1, 0.15) is 26.2 Å². The van der Waals surface area contributed by atoms with Gasteiger partial charge in [-0.15, -0.1) is 30.6 Å². The average molecular weight is 272 g/mol. The van der Waals surface area contributed by atoms with E-state index in [0.29, 0.717) is 0 Å². The van der Waals surface area contributed by atoms with E-state index in [4.69, 9.17) is 0 Å². The van der Waals surface area contributed by atoms with Crippen molar-refractivity contribution in [2.45, 2.75) is 26.2 Å². The molecule has 0 saturated heterocycles. The SMILES string of the molecule is CCCCC=C[SiH](Br)Br. The Bertz CT molecular complexity index is 81.1. The summed E-state index contributed by atoms with van der Waals surface area (Å²) in [5, 5.41) is 0. The maximum atomic E-state index is 3.50. The Kier molecular flexibility index (Phi) is 7.75. The topological polar surface area (TPSA) is 0 Å². The van der Waals surface area contributed by atoms with Gasteiger partial charge in [0.1, 0.15) is 0 Å². The van der Waals surface area contributed by atoms with Crippen LogP contribution in [0.5, 0.6) is 0 Å². The Balaban J connectivity index is 3.04. The second-order valence-electron chi connectivity index (χ2n) is 1.90. The van der Waals surface area contributed by atoms with Crippen molar-refractivity contribution in [3.63, 3.8) is 0 Å². The highest BCUT2D eigenvalue weighted by molar-refractivity contribution is 9.49. The zero-order valence-electron chi connectivity index (χ0n) is 5.61. The van der Waals surface area contributed by atoms with E-state index in [0.717, 1.165) is 0 Å². The van der Waals surface area contributed by atoms with Crippen LogP contribution in [-0.2, 0) is 0 Å². The maximum absolute atomic E-state index is 3.50. The van der Waals surface area contributed by atoms with Crippen molar-refractivity contribution in [2.24, 2.45) is 0 Å². The van der Waals surface area contributed by atoms with Crippen LogP contribution in [0.25, 0.3) is 0 Å². The Morgan fingerprint density at radius 2 is 2.11 bits per heavy atom. The van der Waals surface area contributed by atoms with Crippen molar-refractivity contribution >= 4 is 36.6 Å². The van der Waals surface area contributed by atoms with Gasteiger partial charge in [0.05, 0.1) is 0 Å². The largest absolute Gasteiger partial charge is 0.208 e. The number of unbranched alkanes of at least 4 members (excludes halogenated alkanes) is 2. The van der Waals surface area contributed by atoms with E-state index >= 15 is 0 Å². The highest BCUT2D eigenvalue weighted by Crippen LogP contribution is 2.04. The monoisotopic (exact) mass is 270 g/mol. The average Bonchev–Trinajstić information content (AvgIpc) is 1.80. The second-order valence-corrected chi connectivity index (χ2v) is 12.6. The van der Waals surface area contributed by atoms with Gasteiger partial charge in [-0.1, -0.05) is 31.5 Å². The molecular formula is C6H12Br2Si. The van der Waals surface area contributed by atoms with E-state index in [9.17, 15) is 0 Å². The van der Waals surface area contributed by atoms with Crippen LogP contribution in [0.2, 0.25) is 0 Å². The van der Waals surface area contributed by atoms with Gasteiger partial charge in [-0.3, -0.25) is 0 Å². The first-order valence-corrected chi connectivity index (χ1v) is 10.3. The molecule has 0 fully saturated rings. The van der Waals surface area contributed by atoms with Crippen molar-refractivity contribution in [1.29, 1.82) is 0 Å². The van der Waals surface area contributed by atoms with Crippen molar-refractivity contribution in [3.8, 4) is 0 Å². The standard InChI is InChI=1S/C6H12Br2Si/c1-2-3-4-5-6-9(7)8/h5-6,9H,2-4H2,1H3. The van der Waals surface area contributed by atoms with Crippen LogP contribution < -0.4 is 0 Å². The van der Waals surface area contributed by atoms with Crippen LogP contribution >= 0.6 is 30.6 Å². The van der Waals surface area contributed by atoms with Crippen molar-refractivity contribution in [3.05, 3.63) is 11.8 Å². The van der Waals surface area contributed by atoms with E-state index in [-0.39, 0.29) is 0 Å². The van der Waals surface area contributed by atoms with Gasteiger partial charge >= 0.3 is 0 Å².